The van der Waals surface area contributed by atoms with E-state index in [9.17, 15) is 15.3 Å². The minimum atomic E-state index is -1.14. The van der Waals surface area contributed by atoms with E-state index in [0.29, 0.717) is 16.7 Å². The van der Waals surface area contributed by atoms with Gasteiger partial charge in [-0.3, -0.25) is 0 Å². The summed E-state index contributed by atoms with van der Waals surface area (Å²) in [6, 6.07) is 0. The van der Waals surface area contributed by atoms with Gasteiger partial charge in [-0.1, -0.05) is 0 Å². The molecule has 8 heteroatoms. The number of nitrogens with zero attached hydrogens (tertiary/aromatic N) is 3. The molecule has 118 valence electrons. The number of fused-ring (bicyclic) bond motifs is 1. The fourth-order valence-electron chi connectivity index (χ4n) is 2.97. The fourth-order valence-corrected chi connectivity index (χ4v) is 2.97. The second-order valence-electron chi connectivity index (χ2n) is 5.67. The Labute approximate surface area is 126 Å². The van der Waals surface area contributed by atoms with Crippen LogP contribution in [0.15, 0.2) is 17.0 Å². The molecule has 0 aliphatic carbocycles. The molecule has 8 nitrogen and oxygen atoms in total. The zero-order valence-corrected chi connectivity index (χ0v) is 11.8. The van der Waals surface area contributed by atoms with Crippen LogP contribution in [0.5, 0.6) is 0 Å². The van der Waals surface area contributed by atoms with Crippen LogP contribution >= 0.6 is 0 Å². The summed E-state index contributed by atoms with van der Waals surface area (Å²) in [5, 5.41) is 29.2. The lowest BCUT2D eigenvalue weighted by atomic mass is 10.0. The molecule has 0 amide bonds. The summed E-state index contributed by atoms with van der Waals surface area (Å²) in [5.41, 5.74) is 1.67. The predicted octanol–water partition coefficient (Wildman–Crippen LogP) is -0.413. The molecular formula is C14H17N3O5. The van der Waals surface area contributed by atoms with E-state index in [-0.39, 0.29) is 6.61 Å². The molecule has 22 heavy (non-hydrogen) atoms. The topological polar surface area (TPSA) is 112 Å². The monoisotopic (exact) mass is 307 g/mol. The smallest absolute Gasteiger partial charge is 0.195 e. The third-order valence-corrected chi connectivity index (χ3v) is 4.37. The van der Waals surface area contributed by atoms with Crippen molar-refractivity contribution < 1.29 is 24.5 Å². The standard InChI is InChI=1S/C14H17N3O5/c18-4-8-10(19)11(20)12(22-8)7-5-21-13-9(7)15-6-16-14(13)17-2-1-3-17/h5-6,8,10-12,18-20H,1-4H2/t8-,10-,11-,12+/m1/s1. The zero-order valence-electron chi connectivity index (χ0n) is 11.8. The number of furan rings is 1. The number of aromatic nitrogens is 2. The van der Waals surface area contributed by atoms with Crippen molar-refractivity contribution in [2.24, 2.45) is 0 Å². The highest BCUT2D eigenvalue weighted by Crippen LogP contribution is 2.39. The molecular weight excluding hydrogens is 290 g/mol. The van der Waals surface area contributed by atoms with E-state index < -0.39 is 24.4 Å². The Kier molecular flexibility index (Phi) is 3.26. The maximum Gasteiger partial charge on any atom is 0.195 e. The van der Waals surface area contributed by atoms with E-state index in [4.69, 9.17) is 9.15 Å². The molecule has 2 aromatic heterocycles. The lowest BCUT2D eigenvalue weighted by molar-refractivity contribution is -0.0226. The highest BCUT2D eigenvalue weighted by Gasteiger charge is 2.44. The average Bonchev–Trinajstić information content (AvgIpc) is 3.01. The molecule has 4 atom stereocenters. The normalized spacial score (nSPS) is 31.7. The van der Waals surface area contributed by atoms with Gasteiger partial charge < -0.3 is 29.4 Å². The molecule has 0 aromatic carbocycles. The summed E-state index contributed by atoms with van der Waals surface area (Å²) in [6.07, 6.45) is 0.166. The summed E-state index contributed by atoms with van der Waals surface area (Å²) in [4.78, 5) is 10.6. The highest BCUT2D eigenvalue weighted by atomic mass is 16.6. The van der Waals surface area contributed by atoms with Crippen LogP contribution in [-0.4, -0.2) is 63.3 Å². The van der Waals surface area contributed by atoms with Gasteiger partial charge in [-0.05, 0) is 6.42 Å². The minimum absolute atomic E-state index is 0.363. The maximum atomic E-state index is 10.1. The summed E-state index contributed by atoms with van der Waals surface area (Å²) in [5.74, 6) is 0.731. The van der Waals surface area contributed by atoms with Crippen molar-refractivity contribution in [2.45, 2.75) is 30.8 Å². The number of aliphatic hydroxyl groups excluding tert-OH is 3. The Bertz CT molecular complexity index is 686. The first-order chi connectivity index (χ1) is 10.7. The quantitative estimate of drug-likeness (QED) is 0.701. The van der Waals surface area contributed by atoms with Gasteiger partial charge in [0.25, 0.3) is 0 Å². The molecule has 0 bridgehead atoms. The summed E-state index contributed by atoms with van der Waals surface area (Å²) in [6.45, 7) is 1.49. The Balaban J connectivity index is 1.74. The van der Waals surface area contributed by atoms with Gasteiger partial charge in [0.15, 0.2) is 11.4 Å². The van der Waals surface area contributed by atoms with Crippen LogP contribution in [0.2, 0.25) is 0 Å². The lowest BCUT2D eigenvalue weighted by Gasteiger charge is -2.31. The predicted molar refractivity (Wildman–Crippen MR) is 75.3 cm³/mol. The zero-order chi connectivity index (χ0) is 15.3. The van der Waals surface area contributed by atoms with Gasteiger partial charge >= 0.3 is 0 Å². The van der Waals surface area contributed by atoms with E-state index in [1.807, 2.05) is 0 Å². The largest absolute Gasteiger partial charge is 0.458 e. The van der Waals surface area contributed by atoms with Crippen molar-refractivity contribution in [3.63, 3.8) is 0 Å². The van der Waals surface area contributed by atoms with Gasteiger partial charge in [0.05, 0.1) is 12.9 Å². The number of aliphatic hydroxyl groups is 3. The Morgan fingerprint density at radius 3 is 2.68 bits per heavy atom. The van der Waals surface area contributed by atoms with Crippen LogP contribution in [0.1, 0.15) is 18.1 Å². The van der Waals surface area contributed by atoms with Gasteiger partial charge in [-0.25, -0.2) is 9.97 Å². The number of ether oxygens (including phenoxy) is 1. The van der Waals surface area contributed by atoms with E-state index >= 15 is 0 Å². The minimum Gasteiger partial charge on any atom is -0.458 e. The van der Waals surface area contributed by atoms with Gasteiger partial charge in [-0.15, -0.1) is 0 Å². The Hall–Kier alpha value is -1.74. The molecule has 2 fully saturated rings. The molecule has 4 rings (SSSR count). The first-order valence-corrected chi connectivity index (χ1v) is 7.30. The van der Waals surface area contributed by atoms with Gasteiger partial charge in [0, 0.05) is 18.7 Å². The maximum absolute atomic E-state index is 10.1. The molecule has 2 aliphatic heterocycles. The van der Waals surface area contributed by atoms with Crippen LogP contribution in [0.25, 0.3) is 11.1 Å². The molecule has 2 aromatic rings. The third-order valence-electron chi connectivity index (χ3n) is 4.37. The molecule has 0 spiro atoms. The molecule has 2 aliphatic rings. The Morgan fingerprint density at radius 2 is 2.05 bits per heavy atom. The molecule has 2 saturated heterocycles. The summed E-state index contributed by atoms with van der Waals surface area (Å²) >= 11 is 0. The van der Waals surface area contributed by atoms with E-state index in [0.717, 1.165) is 25.3 Å². The van der Waals surface area contributed by atoms with E-state index in [1.54, 1.807) is 0 Å². The van der Waals surface area contributed by atoms with Gasteiger partial charge in [-0.2, -0.15) is 0 Å². The van der Waals surface area contributed by atoms with Crippen LogP contribution in [-0.2, 0) is 4.74 Å². The molecule has 4 heterocycles. The van der Waals surface area contributed by atoms with Gasteiger partial charge in [0.1, 0.15) is 36.3 Å². The van der Waals surface area contributed by atoms with Crippen molar-refractivity contribution in [1.82, 2.24) is 9.97 Å². The molecule has 0 unspecified atom stereocenters. The van der Waals surface area contributed by atoms with Gasteiger partial charge in [0.2, 0.25) is 0 Å². The van der Waals surface area contributed by atoms with Crippen molar-refractivity contribution in [3.8, 4) is 0 Å². The second kappa shape index (κ2) is 5.17. The summed E-state index contributed by atoms with van der Waals surface area (Å²) in [7, 11) is 0. The van der Waals surface area contributed by atoms with Crippen LogP contribution in [0.4, 0.5) is 5.82 Å². The molecule has 0 radical (unpaired) electrons. The lowest BCUT2D eigenvalue weighted by Crippen LogP contribution is -2.37. The fraction of sp³-hybridized carbons (Fsp3) is 0.571. The van der Waals surface area contributed by atoms with Crippen LogP contribution in [0.3, 0.4) is 0 Å². The Morgan fingerprint density at radius 1 is 1.23 bits per heavy atom. The van der Waals surface area contributed by atoms with E-state index in [1.165, 1.54) is 12.6 Å². The number of anilines is 1. The highest BCUT2D eigenvalue weighted by molar-refractivity contribution is 5.87. The average molecular weight is 307 g/mol. The van der Waals surface area contributed by atoms with Crippen molar-refractivity contribution in [3.05, 3.63) is 18.2 Å². The summed E-state index contributed by atoms with van der Waals surface area (Å²) < 4.78 is 11.1. The van der Waals surface area contributed by atoms with E-state index in [2.05, 4.69) is 14.9 Å². The van der Waals surface area contributed by atoms with Crippen molar-refractivity contribution in [1.29, 1.82) is 0 Å². The number of rotatable bonds is 3. The van der Waals surface area contributed by atoms with Crippen LogP contribution < -0.4 is 4.90 Å². The SMILES string of the molecule is OC[C@H]1O[C@@H](c2coc3c(N4CCC4)ncnc23)[C@H](O)[C@@H]1O. The number of hydrogen-bond donors (Lipinski definition) is 3. The molecule has 3 N–H and O–H groups in total. The van der Waals surface area contributed by atoms with Crippen LogP contribution in [0, 0.1) is 0 Å². The number of hydrogen-bond acceptors (Lipinski definition) is 8. The first kappa shape index (κ1) is 13.9. The van der Waals surface area contributed by atoms with Crippen molar-refractivity contribution >= 4 is 16.9 Å². The second-order valence-corrected chi connectivity index (χ2v) is 5.67. The van der Waals surface area contributed by atoms with Crippen molar-refractivity contribution in [2.75, 3.05) is 24.6 Å². The first-order valence-electron chi connectivity index (χ1n) is 7.30. The molecule has 0 saturated carbocycles. The third kappa shape index (κ3) is 1.92.